The molecule has 0 radical (unpaired) electrons. The van der Waals surface area contributed by atoms with Crippen LogP contribution < -0.4 is 10.3 Å². The fourth-order valence-electron chi connectivity index (χ4n) is 2.79. The van der Waals surface area contributed by atoms with Gasteiger partial charge in [-0.05, 0) is 31.0 Å². The number of hydrogen-bond donors (Lipinski definition) is 1. The molecule has 25 heavy (non-hydrogen) atoms. The summed E-state index contributed by atoms with van der Waals surface area (Å²) in [5.74, 6) is 0.824. The van der Waals surface area contributed by atoms with Gasteiger partial charge < -0.3 is 4.74 Å². The number of fused-ring (bicyclic) bond motifs is 1. The maximum atomic E-state index is 12.2. The minimum Gasteiger partial charge on any atom is -0.478 e. The van der Waals surface area contributed by atoms with E-state index in [-0.39, 0.29) is 5.16 Å². The number of aryl methyl sites for hydroxylation is 1. The van der Waals surface area contributed by atoms with Crippen LogP contribution in [0.3, 0.4) is 0 Å². The Morgan fingerprint density at radius 1 is 1.32 bits per heavy atom. The van der Waals surface area contributed by atoms with Crippen LogP contribution in [-0.4, -0.2) is 42.8 Å². The maximum absolute atomic E-state index is 12.2. The van der Waals surface area contributed by atoms with Crippen LogP contribution in [0.15, 0.2) is 28.2 Å². The topological polar surface area (TPSA) is 92.4 Å². The summed E-state index contributed by atoms with van der Waals surface area (Å²) < 4.78 is 29.1. The van der Waals surface area contributed by atoms with E-state index in [0.717, 1.165) is 23.1 Å². The van der Waals surface area contributed by atoms with Crippen LogP contribution >= 0.6 is 0 Å². The Morgan fingerprint density at radius 2 is 2.08 bits per heavy atom. The van der Waals surface area contributed by atoms with Crippen molar-refractivity contribution in [3.8, 4) is 5.75 Å². The first kappa shape index (κ1) is 17.6. The second-order valence-electron chi connectivity index (χ2n) is 6.34. The number of rotatable bonds is 4. The maximum Gasteiger partial charge on any atom is 0.256 e. The molecule has 2 aromatic rings. The largest absolute Gasteiger partial charge is 0.478 e. The van der Waals surface area contributed by atoms with Crippen LogP contribution in [-0.2, 0) is 22.8 Å². The van der Waals surface area contributed by atoms with Crippen molar-refractivity contribution in [1.82, 2.24) is 14.9 Å². The summed E-state index contributed by atoms with van der Waals surface area (Å²) in [4.78, 5) is 20.7. The Bertz CT molecular complexity index is 966. The number of hydrogen-bond acceptors (Lipinski definition) is 6. The molecule has 1 aromatic carbocycles. The molecule has 0 spiro atoms. The molecule has 1 aliphatic heterocycles. The van der Waals surface area contributed by atoms with Gasteiger partial charge in [-0.25, -0.2) is 13.4 Å². The molecule has 0 saturated heterocycles. The molecule has 0 saturated carbocycles. The van der Waals surface area contributed by atoms with E-state index < -0.39 is 15.4 Å². The summed E-state index contributed by atoms with van der Waals surface area (Å²) in [6, 6.07) is 5.90. The van der Waals surface area contributed by atoms with Gasteiger partial charge in [0.1, 0.15) is 12.5 Å². The van der Waals surface area contributed by atoms with Crippen LogP contribution in [0.1, 0.15) is 22.4 Å². The SMILES string of the molecule is Cc1cccc(OCN2CCc3nc(S(C)(=O)=O)[nH]c(=O)c3C2)c1C. The molecule has 1 N–H and O–H groups in total. The molecule has 0 bridgehead atoms. The van der Waals surface area contributed by atoms with Gasteiger partial charge in [-0.3, -0.25) is 14.7 Å². The lowest BCUT2D eigenvalue weighted by Crippen LogP contribution is -2.38. The number of nitrogens with one attached hydrogen (secondary N) is 1. The summed E-state index contributed by atoms with van der Waals surface area (Å²) >= 11 is 0. The van der Waals surface area contributed by atoms with Crippen LogP contribution in [0, 0.1) is 13.8 Å². The lowest BCUT2D eigenvalue weighted by atomic mass is 10.1. The third-order valence-electron chi connectivity index (χ3n) is 4.43. The minimum atomic E-state index is -3.53. The molecule has 0 amide bonds. The molecule has 0 fully saturated rings. The predicted octanol–water partition coefficient (Wildman–Crippen LogP) is 1.18. The van der Waals surface area contributed by atoms with E-state index in [4.69, 9.17) is 4.74 Å². The van der Waals surface area contributed by atoms with Crippen molar-refractivity contribution in [3.63, 3.8) is 0 Å². The zero-order chi connectivity index (χ0) is 18.2. The number of sulfone groups is 1. The van der Waals surface area contributed by atoms with Gasteiger partial charge in [0.05, 0.1) is 11.3 Å². The molecule has 0 unspecified atom stereocenters. The summed E-state index contributed by atoms with van der Waals surface area (Å²) in [5, 5.41) is -0.267. The molecule has 3 rings (SSSR count). The van der Waals surface area contributed by atoms with E-state index in [1.54, 1.807) is 0 Å². The first-order chi connectivity index (χ1) is 11.8. The van der Waals surface area contributed by atoms with Gasteiger partial charge in [-0.1, -0.05) is 12.1 Å². The van der Waals surface area contributed by atoms with E-state index >= 15 is 0 Å². The highest BCUT2D eigenvalue weighted by molar-refractivity contribution is 7.90. The standard InChI is InChI=1S/C17H21N3O4S/c1-11-5-4-6-15(12(11)2)24-10-20-8-7-14-13(9-20)16(21)19-17(18-14)25(3,22)23/h4-6H,7-10H2,1-3H3,(H,18,19,21). The Hall–Kier alpha value is -2.19. The number of aromatic nitrogens is 2. The van der Waals surface area contributed by atoms with Crippen molar-refractivity contribution in [2.24, 2.45) is 0 Å². The Kier molecular flexibility index (Phi) is 4.66. The van der Waals surface area contributed by atoms with Gasteiger partial charge in [0, 0.05) is 25.8 Å². The summed E-state index contributed by atoms with van der Waals surface area (Å²) in [6.45, 7) is 5.43. The van der Waals surface area contributed by atoms with E-state index in [1.807, 2.05) is 36.9 Å². The first-order valence-electron chi connectivity index (χ1n) is 7.99. The molecule has 0 atom stereocenters. The molecule has 1 aliphatic rings. The Balaban J connectivity index is 1.76. The van der Waals surface area contributed by atoms with Gasteiger partial charge in [-0.2, -0.15) is 0 Å². The van der Waals surface area contributed by atoms with Gasteiger partial charge in [0.15, 0.2) is 0 Å². The fourth-order valence-corrected chi connectivity index (χ4v) is 3.34. The van der Waals surface area contributed by atoms with Crippen LogP contribution in [0.2, 0.25) is 0 Å². The normalized spacial score (nSPS) is 15.0. The van der Waals surface area contributed by atoms with Gasteiger partial charge in [0.25, 0.3) is 5.56 Å². The molecular weight excluding hydrogens is 342 g/mol. The third-order valence-corrected chi connectivity index (χ3v) is 5.33. The highest BCUT2D eigenvalue weighted by Gasteiger charge is 2.23. The molecule has 8 heteroatoms. The lowest BCUT2D eigenvalue weighted by Gasteiger charge is -2.27. The van der Waals surface area contributed by atoms with Crippen molar-refractivity contribution in [1.29, 1.82) is 0 Å². The van der Waals surface area contributed by atoms with E-state index in [1.165, 1.54) is 0 Å². The zero-order valence-corrected chi connectivity index (χ0v) is 15.3. The highest BCUT2D eigenvalue weighted by atomic mass is 32.2. The van der Waals surface area contributed by atoms with Gasteiger partial charge in [-0.15, -0.1) is 0 Å². The quantitative estimate of drug-likeness (QED) is 0.820. The van der Waals surface area contributed by atoms with Crippen LogP contribution in [0.25, 0.3) is 0 Å². The van der Waals surface area contributed by atoms with Crippen molar-refractivity contribution >= 4 is 9.84 Å². The zero-order valence-electron chi connectivity index (χ0n) is 14.5. The number of ether oxygens (including phenoxy) is 1. The summed E-state index contributed by atoms with van der Waals surface area (Å²) in [5.41, 5.74) is 2.91. The molecule has 2 heterocycles. The molecule has 7 nitrogen and oxygen atoms in total. The smallest absolute Gasteiger partial charge is 0.256 e. The first-order valence-corrected chi connectivity index (χ1v) is 9.88. The second kappa shape index (κ2) is 6.61. The molecule has 0 aliphatic carbocycles. The number of aromatic amines is 1. The van der Waals surface area contributed by atoms with Crippen molar-refractivity contribution in [2.45, 2.75) is 32.0 Å². The van der Waals surface area contributed by atoms with Crippen molar-refractivity contribution in [3.05, 3.63) is 50.9 Å². The Morgan fingerprint density at radius 3 is 2.80 bits per heavy atom. The Labute approximate surface area is 146 Å². The van der Waals surface area contributed by atoms with Crippen LogP contribution in [0.4, 0.5) is 0 Å². The minimum absolute atomic E-state index is 0.267. The van der Waals surface area contributed by atoms with Crippen molar-refractivity contribution in [2.75, 3.05) is 19.5 Å². The molecular formula is C17H21N3O4S. The van der Waals surface area contributed by atoms with E-state index in [2.05, 4.69) is 9.97 Å². The summed E-state index contributed by atoms with van der Waals surface area (Å²) in [7, 11) is -3.53. The van der Waals surface area contributed by atoms with Crippen molar-refractivity contribution < 1.29 is 13.2 Å². The third kappa shape index (κ3) is 3.74. The highest BCUT2D eigenvalue weighted by Crippen LogP contribution is 2.22. The fraction of sp³-hybridized carbons (Fsp3) is 0.412. The molecule has 134 valence electrons. The monoisotopic (exact) mass is 363 g/mol. The predicted molar refractivity (Wildman–Crippen MR) is 93.5 cm³/mol. The number of benzene rings is 1. The lowest BCUT2D eigenvalue weighted by molar-refractivity contribution is 0.111. The summed E-state index contributed by atoms with van der Waals surface area (Å²) in [6.07, 6.45) is 1.54. The number of H-pyrrole nitrogens is 1. The van der Waals surface area contributed by atoms with Crippen LogP contribution in [0.5, 0.6) is 5.75 Å². The molecule has 1 aromatic heterocycles. The van der Waals surface area contributed by atoms with Gasteiger partial charge in [0.2, 0.25) is 15.0 Å². The number of nitrogens with zero attached hydrogens (tertiary/aromatic N) is 2. The van der Waals surface area contributed by atoms with Gasteiger partial charge >= 0.3 is 0 Å². The average molecular weight is 363 g/mol. The second-order valence-corrected chi connectivity index (χ2v) is 8.27. The van der Waals surface area contributed by atoms with E-state index in [0.29, 0.717) is 37.5 Å². The average Bonchev–Trinajstić information content (AvgIpc) is 2.55. The van der Waals surface area contributed by atoms with E-state index in [9.17, 15) is 13.2 Å².